The molecule has 1 fully saturated rings. The van der Waals surface area contributed by atoms with Crippen LogP contribution in [-0.4, -0.2) is 35.6 Å². The molecule has 1 rings (SSSR count). The number of hydrogen-bond donors (Lipinski definition) is 4. The molecular weight excluding hydrogens is 198 g/mol. The van der Waals surface area contributed by atoms with Crippen LogP contribution in [-0.2, 0) is 9.59 Å². The Labute approximate surface area is 88.0 Å². The molecule has 6 N–H and O–H groups in total. The van der Waals surface area contributed by atoms with Gasteiger partial charge in [-0.2, -0.15) is 0 Å². The Kier molecular flexibility index (Phi) is 4.05. The summed E-state index contributed by atoms with van der Waals surface area (Å²) >= 11 is 0. The van der Waals surface area contributed by atoms with E-state index in [1.807, 2.05) is 0 Å². The SMILES string of the molecule is NC(=O)C(O)CNC(=O)C1CCCC1N. The van der Waals surface area contributed by atoms with E-state index in [0.717, 1.165) is 19.3 Å². The summed E-state index contributed by atoms with van der Waals surface area (Å²) in [5.41, 5.74) is 10.6. The van der Waals surface area contributed by atoms with E-state index in [1.165, 1.54) is 0 Å². The highest BCUT2D eigenvalue weighted by atomic mass is 16.3. The molecule has 3 atom stereocenters. The molecule has 0 aliphatic heterocycles. The Balaban J connectivity index is 2.32. The Hall–Kier alpha value is -1.14. The first kappa shape index (κ1) is 11.9. The van der Waals surface area contributed by atoms with Gasteiger partial charge in [0.05, 0.1) is 12.5 Å². The maximum atomic E-state index is 11.5. The van der Waals surface area contributed by atoms with Crippen LogP contribution in [0.15, 0.2) is 0 Å². The highest BCUT2D eigenvalue weighted by Gasteiger charge is 2.30. The van der Waals surface area contributed by atoms with Crippen molar-refractivity contribution in [3.8, 4) is 0 Å². The van der Waals surface area contributed by atoms with Crippen LogP contribution in [0.1, 0.15) is 19.3 Å². The second kappa shape index (κ2) is 5.09. The minimum atomic E-state index is -1.33. The summed E-state index contributed by atoms with van der Waals surface area (Å²) in [5, 5.41) is 11.5. The van der Waals surface area contributed by atoms with Crippen molar-refractivity contribution in [2.24, 2.45) is 17.4 Å². The van der Waals surface area contributed by atoms with Crippen molar-refractivity contribution < 1.29 is 14.7 Å². The lowest BCUT2D eigenvalue weighted by molar-refractivity contribution is -0.128. The molecule has 15 heavy (non-hydrogen) atoms. The number of hydrogen-bond acceptors (Lipinski definition) is 4. The lowest BCUT2D eigenvalue weighted by Crippen LogP contribution is -2.44. The lowest BCUT2D eigenvalue weighted by Gasteiger charge is -2.16. The van der Waals surface area contributed by atoms with Gasteiger partial charge in [0.25, 0.3) is 0 Å². The van der Waals surface area contributed by atoms with Gasteiger partial charge in [-0.1, -0.05) is 6.42 Å². The lowest BCUT2D eigenvalue weighted by atomic mass is 10.0. The highest BCUT2D eigenvalue weighted by molar-refractivity contribution is 5.82. The van der Waals surface area contributed by atoms with Gasteiger partial charge in [0.1, 0.15) is 6.10 Å². The number of aliphatic hydroxyl groups excluding tert-OH is 1. The van der Waals surface area contributed by atoms with Crippen molar-refractivity contribution >= 4 is 11.8 Å². The summed E-state index contributed by atoms with van der Waals surface area (Å²) in [6.07, 6.45) is 1.22. The quantitative estimate of drug-likeness (QED) is 0.437. The summed E-state index contributed by atoms with van der Waals surface area (Å²) in [5.74, 6) is -1.25. The Morgan fingerprint density at radius 2 is 2.13 bits per heavy atom. The number of amides is 2. The third kappa shape index (κ3) is 3.17. The summed E-state index contributed by atoms with van der Waals surface area (Å²) in [4.78, 5) is 22.0. The fraction of sp³-hybridized carbons (Fsp3) is 0.778. The molecule has 3 unspecified atom stereocenters. The summed E-state index contributed by atoms with van der Waals surface area (Å²) < 4.78 is 0. The zero-order chi connectivity index (χ0) is 11.4. The molecule has 1 aliphatic carbocycles. The van der Waals surface area contributed by atoms with Gasteiger partial charge in [0.2, 0.25) is 11.8 Å². The van der Waals surface area contributed by atoms with Crippen molar-refractivity contribution in [1.82, 2.24) is 5.32 Å². The fourth-order valence-electron chi connectivity index (χ4n) is 1.74. The first-order valence-electron chi connectivity index (χ1n) is 5.03. The number of nitrogens with one attached hydrogen (secondary N) is 1. The van der Waals surface area contributed by atoms with Crippen molar-refractivity contribution in [3.05, 3.63) is 0 Å². The summed E-state index contributed by atoms with van der Waals surface area (Å²) in [6, 6.07) is -0.115. The minimum absolute atomic E-state index is 0.115. The normalized spacial score (nSPS) is 27.3. The maximum Gasteiger partial charge on any atom is 0.248 e. The Morgan fingerprint density at radius 1 is 1.47 bits per heavy atom. The summed E-state index contributed by atoms with van der Waals surface area (Å²) in [6.45, 7) is -0.141. The molecule has 6 nitrogen and oxygen atoms in total. The van der Waals surface area contributed by atoms with Crippen LogP contribution >= 0.6 is 0 Å². The first-order chi connectivity index (χ1) is 7.02. The van der Waals surface area contributed by atoms with Gasteiger partial charge >= 0.3 is 0 Å². The predicted molar refractivity (Wildman–Crippen MR) is 53.5 cm³/mol. The van der Waals surface area contributed by atoms with Gasteiger partial charge in [0.15, 0.2) is 0 Å². The van der Waals surface area contributed by atoms with Crippen molar-refractivity contribution in [3.63, 3.8) is 0 Å². The molecule has 0 heterocycles. The van der Waals surface area contributed by atoms with E-state index in [2.05, 4.69) is 5.32 Å². The monoisotopic (exact) mass is 215 g/mol. The van der Waals surface area contributed by atoms with E-state index < -0.39 is 12.0 Å². The van der Waals surface area contributed by atoms with Crippen LogP contribution in [0.25, 0.3) is 0 Å². The molecule has 1 aliphatic rings. The number of aliphatic hydroxyl groups is 1. The molecule has 0 bridgehead atoms. The van der Waals surface area contributed by atoms with E-state index in [9.17, 15) is 9.59 Å². The average Bonchev–Trinajstić information content (AvgIpc) is 2.60. The fourth-order valence-corrected chi connectivity index (χ4v) is 1.74. The Morgan fingerprint density at radius 3 is 2.60 bits per heavy atom. The molecule has 0 radical (unpaired) electrons. The smallest absolute Gasteiger partial charge is 0.248 e. The van der Waals surface area contributed by atoms with Crippen LogP contribution in [0.3, 0.4) is 0 Å². The average molecular weight is 215 g/mol. The minimum Gasteiger partial charge on any atom is -0.381 e. The zero-order valence-electron chi connectivity index (χ0n) is 8.48. The van der Waals surface area contributed by atoms with Crippen molar-refractivity contribution in [2.75, 3.05) is 6.54 Å². The van der Waals surface area contributed by atoms with Gasteiger partial charge in [-0.05, 0) is 12.8 Å². The number of rotatable bonds is 4. The van der Waals surface area contributed by atoms with Crippen molar-refractivity contribution in [1.29, 1.82) is 0 Å². The van der Waals surface area contributed by atoms with Gasteiger partial charge in [0, 0.05) is 6.04 Å². The van der Waals surface area contributed by atoms with E-state index >= 15 is 0 Å². The van der Waals surface area contributed by atoms with Gasteiger partial charge < -0.3 is 21.9 Å². The number of nitrogens with two attached hydrogens (primary N) is 2. The molecule has 0 spiro atoms. The van der Waals surface area contributed by atoms with Crippen LogP contribution in [0, 0.1) is 5.92 Å². The molecular formula is C9H17N3O3. The first-order valence-corrected chi connectivity index (χ1v) is 5.03. The maximum absolute atomic E-state index is 11.5. The van der Waals surface area contributed by atoms with Crippen LogP contribution < -0.4 is 16.8 Å². The second-order valence-corrected chi connectivity index (χ2v) is 3.86. The standard InChI is InChI=1S/C9H17N3O3/c10-6-3-1-2-5(6)9(15)12-4-7(13)8(11)14/h5-7,13H,1-4,10H2,(H2,11,14)(H,12,15). The summed E-state index contributed by atoms with van der Waals surface area (Å²) in [7, 11) is 0. The molecule has 0 aromatic carbocycles. The van der Waals surface area contributed by atoms with Crippen molar-refractivity contribution in [2.45, 2.75) is 31.4 Å². The van der Waals surface area contributed by atoms with Crippen LogP contribution in [0.2, 0.25) is 0 Å². The van der Waals surface area contributed by atoms with E-state index in [4.69, 9.17) is 16.6 Å². The number of primary amides is 1. The van der Waals surface area contributed by atoms with Gasteiger partial charge in [-0.15, -0.1) is 0 Å². The molecule has 0 aromatic heterocycles. The van der Waals surface area contributed by atoms with Gasteiger partial charge in [-0.3, -0.25) is 9.59 Å². The molecule has 0 aromatic rings. The molecule has 1 saturated carbocycles. The molecule has 2 amide bonds. The predicted octanol–water partition coefficient (Wildman–Crippen LogP) is -1.92. The van der Waals surface area contributed by atoms with Gasteiger partial charge in [-0.25, -0.2) is 0 Å². The largest absolute Gasteiger partial charge is 0.381 e. The van der Waals surface area contributed by atoms with Crippen LogP contribution in [0.5, 0.6) is 0 Å². The number of carbonyl (C=O) groups is 2. The second-order valence-electron chi connectivity index (χ2n) is 3.86. The highest BCUT2D eigenvalue weighted by Crippen LogP contribution is 2.23. The molecule has 6 heteroatoms. The topological polar surface area (TPSA) is 118 Å². The van der Waals surface area contributed by atoms with E-state index in [-0.39, 0.29) is 24.4 Å². The molecule has 86 valence electrons. The zero-order valence-corrected chi connectivity index (χ0v) is 8.48. The third-order valence-electron chi connectivity index (χ3n) is 2.70. The Bertz CT molecular complexity index is 257. The molecule has 0 saturated heterocycles. The van der Waals surface area contributed by atoms with Crippen LogP contribution in [0.4, 0.5) is 0 Å². The number of carbonyl (C=O) groups excluding carboxylic acids is 2. The van der Waals surface area contributed by atoms with E-state index in [0.29, 0.717) is 0 Å². The third-order valence-corrected chi connectivity index (χ3v) is 2.70. The van der Waals surface area contributed by atoms with E-state index in [1.54, 1.807) is 0 Å².